The first-order chi connectivity index (χ1) is 7.95. The van der Waals surface area contributed by atoms with Crippen LogP contribution in [0.15, 0.2) is 18.2 Å². The highest BCUT2D eigenvalue weighted by molar-refractivity contribution is 9.09. The molecule has 1 aromatic rings. The molecule has 1 rings (SSSR count). The van der Waals surface area contributed by atoms with Crippen molar-refractivity contribution in [1.82, 2.24) is 0 Å². The summed E-state index contributed by atoms with van der Waals surface area (Å²) in [5.41, 5.74) is 2.17. The molecule has 1 aromatic carbocycles. The highest BCUT2D eigenvalue weighted by atomic mass is 79.9. The van der Waals surface area contributed by atoms with Gasteiger partial charge in [-0.3, -0.25) is 9.59 Å². The van der Waals surface area contributed by atoms with Gasteiger partial charge in [0.2, 0.25) is 0 Å². The van der Waals surface area contributed by atoms with E-state index in [0.717, 1.165) is 5.56 Å². The van der Waals surface area contributed by atoms with E-state index in [1.807, 2.05) is 0 Å². The van der Waals surface area contributed by atoms with Crippen LogP contribution in [0.25, 0.3) is 0 Å². The summed E-state index contributed by atoms with van der Waals surface area (Å²) in [6.07, 6.45) is -0.104. The molecule has 0 fully saturated rings. The summed E-state index contributed by atoms with van der Waals surface area (Å²) in [6.45, 7) is 1.46. The van der Waals surface area contributed by atoms with E-state index in [0.29, 0.717) is 17.0 Å². The highest BCUT2D eigenvalue weighted by Crippen LogP contribution is 2.28. The van der Waals surface area contributed by atoms with E-state index in [2.05, 4.69) is 15.9 Å². The number of hydrogen-bond donors (Lipinski definition) is 1. The minimum atomic E-state index is -0.923. The smallest absolute Gasteiger partial charge is 0.307 e. The van der Waals surface area contributed by atoms with Crippen LogP contribution in [0.2, 0.25) is 0 Å². The summed E-state index contributed by atoms with van der Waals surface area (Å²) in [5.74, 6) is -0.658. The van der Waals surface area contributed by atoms with E-state index in [-0.39, 0.29) is 12.2 Å². The Balaban J connectivity index is 3.20. The largest absolute Gasteiger partial charge is 0.481 e. The molecule has 0 spiro atoms. The molecule has 1 atom stereocenters. The fourth-order valence-corrected chi connectivity index (χ4v) is 2.10. The molecule has 0 aliphatic heterocycles. The standard InChI is InChI=1S/C12H12BrClO3/c1-7(15)12(13)10-4-8(6-14)2-3-9(10)5-11(16)17/h2-4,12H,5-6H2,1H3,(H,16,17). The van der Waals surface area contributed by atoms with Crippen molar-refractivity contribution in [3.05, 3.63) is 34.9 Å². The number of carbonyl (C=O) groups is 2. The van der Waals surface area contributed by atoms with Crippen molar-refractivity contribution in [1.29, 1.82) is 0 Å². The molecule has 0 aliphatic carbocycles. The third kappa shape index (κ3) is 3.82. The SMILES string of the molecule is CC(=O)C(Br)c1cc(CCl)ccc1CC(=O)O. The highest BCUT2D eigenvalue weighted by Gasteiger charge is 2.18. The van der Waals surface area contributed by atoms with Crippen LogP contribution in [0.1, 0.15) is 28.4 Å². The number of benzene rings is 1. The maximum Gasteiger partial charge on any atom is 0.307 e. The van der Waals surface area contributed by atoms with Crippen molar-refractivity contribution in [3.8, 4) is 0 Å². The van der Waals surface area contributed by atoms with Crippen molar-refractivity contribution in [2.24, 2.45) is 0 Å². The average molecular weight is 320 g/mol. The number of aliphatic carboxylic acids is 1. The quantitative estimate of drug-likeness (QED) is 0.849. The first-order valence-electron chi connectivity index (χ1n) is 4.99. The lowest BCUT2D eigenvalue weighted by atomic mass is 9.98. The number of ketones is 1. The van der Waals surface area contributed by atoms with E-state index in [1.165, 1.54) is 6.92 Å². The second-order valence-corrected chi connectivity index (χ2v) is 4.89. The van der Waals surface area contributed by atoms with Gasteiger partial charge in [0.15, 0.2) is 0 Å². The third-order valence-electron chi connectivity index (χ3n) is 2.34. The number of carboxylic acids is 1. The summed E-state index contributed by atoms with van der Waals surface area (Å²) in [4.78, 5) is 21.6. The molecular weight excluding hydrogens is 307 g/mol. The summed E-state index contributed by atoms with van der Waals surface area (Å²) in [5, 5.41) is 8.81. The molecule has 3 nitrogen and oxygen atoms in total. The molecule has 0 bridgehead atoms. The number of Topliss-reactive ketones (excluding diaryl/α,β-unsaturated/α-hetero) is 1. The summed E-state index contributed by atoms with van der Waals surface area (Å²) >= 11 is 8.99. The lowest BCUT2D eigenvalue weighted by Crippen LogP contribution is -2.09. The van der Waals surface area contributed by atoms with Gasteiger partial charge in [0, 0.05) is 5.88 Å². The monoisotopic (exact) mass is 318 g/mol. The molecule has 0 saturated carbocycles. The lowest BCUT2D eigenvalue weighted by molar-refractivity contribution is -0.136. The molecule has 92 valence electrons. The topological polar surface area (TPSA) is 54.4 Å². The van der Waals surface area contributed by atoms with Crippen molar-refractivity contribution in [2.75, 3.05) is 0 Å². The van der Waals surface area contributed by atoms with Gasteiger partial charge in [0.1, 0.15) is 5.78 Å². The Labute approximate surface area is 113 Å². The molecule has 0 saturated heterocycles. The Morgan fingerprint density at radius 1 is 1.47 bits per heavy atom. The Bertz CT molecular complexity index is 445. The predicted molar refractivity (Wildman–Crippen MR) is 69.7 cm³/mol. The number of carbonyl (C=O) groups excluding carboxylic acids is 1. The predicted octanol–water partition coefficient (Wildman–Crippen LogP) is 3.08. The van der Waals surface area contributed by atoms with Crippen LogP contribution in [0, 0.1) is 0 Å². The van der Waals surface area contributed by atoms with Crippen molar-refractivity contribution in [2.45, 2.75) is 24.1 Å². The van der Waals surface area contributed by atoms with Gasteiger partial charge < -0.3 is 5.11 Å². The number of hydrogen-bond acceptors (Lipinski definition) is 2. The average Bonchev–Trinajstić information content (AvgIpc) is 2.27. The maximum absolute atomic E-state index is 11.4. The maximum atomic E-state index is 11.4. The van der Waals surface area contributed by atoms with E-state index >= 15 is 0 Å². The van der Waals surface area contributed by atoms with Crippen molar-refractivity contribution >= 4 is 39.3 Å². The Hall–Kier alpha value is -0.870. The molecule has 0 aromatic heterocycles. The summed E-state index contributed by atoms with van der Waals surface area (Å²) in [7, 11) is 0. The Morgan fingerprint density at radius 3 is 2.59 bits per heavy atom. The van der Waals surface area contributed by atoms with Gasteiger partial charge in [0.05, 0.1) is 11.2 Å². The van der Waals surface area contributed by atoms with Gasteiger partial charge in [-0.25, -0.2) is 0 Å². The van der Waals surface area contributed by atoms with Crippen LogP contribution in [0.3, 0.4) is 0 Å². The molecule has 0 heterocycles. The van der Waals surface area contributed by atoms with Crippen LogP contribution in [0.5, 0.6) is 0 Å². The fourth-order valence-electron chi connectivity index (χ4n) is 1.51. The van der Waals surface area contributed by atoms with Crippen LogP contribution in [-0.2, 0) is 21.9 Å². The molecule has 1 N–H and O–H groups in total. The normalized spacial score (nSPS) is 12.2. The Kier molecular flexibility index (Phi) is 5.15. The van der Waals surface area contributed by atoms with Crippen LogP contribution >= 0.6 is 27.5 Å². The van der Waals surface area contributed by atoms with Gasteiger partial charge in [-0.05, 0) is 23.6 Å². The first kappa shape index (κ1) is 14.2. The van der Waals surface area contributed by atoms with E-state index in [9.17, 15) is 9.59 Å². The Morgan fingerprint density at radius 2 is 2.12 bits per heavy atom. The van der Waals surface area contributed by atoms with Gasteiger partial charge in [-0.15, -0.1) is 11.6 Å². The summed E-state index contributed by atoms with van der Waals surface area (Å²) in [6, 6.07) is 5.25. The van der Waals surface area contributed by atoms with E-state index < -0.39 is 10.8 Å². The molecule has 0 aliphatic rings. The van der Waals surface area contributed by atoms with Gasteiger partial charge in [-0.2, -0.15) is 0 Å². The zero-order valence-corrected chi connectivity index (χ0v) is 11.6. The number of halogens is 2. The van der Waals surface area contributed by atoms with Crippen LogP contribution in [-0.4, -0.2) is 16.9 Å². The fraction of sp³-hybridized carbons (Fsp3) is 0.333. The van der Waals surface area contributed by atoms with E-state index in [1.54, 1.807) is 18.2 Å². The molecular formula is C12H12BrClO3. The van der Waals surface area contributed by atoms with Gasteiger partial charge >= 0.3 is 5.97 Å². The van der Waals surface area contributed by atoms with Crippen LogP contribution < -0.4 is 0 Å². The minimum absolute atomic E-state index is 0.0663. The van der Waals surface area contributed by atoms with Crippen molar-refractivity contribution in [3.63, 3.8) is 0 Å². The van der Waals surface area contributed by atoms with Crippen molar-refractivity contribution < 1.29 is 14.7 Å². The zero-order valence-electron chi connectivity index (χ0n) is 9.24. The van der Waals surface area contributed by atoms with E-state index in [4.69, 9.17) is 16.7 Å². The zero-order chi connectivity index (χ0) is 13.0. The number of rotatable bonds is 5. The molecule has 0 radical (unpaired) electrons. The number of carboxylic acid groups (broad SMARTS) is 1. The number of alkyl halides is 2. The second kappa shape index (κ2) is 6.17. The minimum Gasteiger partial charge on any atom is -0.481 e. The molecule has 0 amide bonds. The lowest BCUT2D eigenvalue weighted by Gasteiger charge is -2.13. The second-order valence-electron chi connectivity index (χ2n) is 3.71. The first-order valence-corrected chi connectivity index (χ1v) is 6.44. The molecule has 1 unspecified atom stereocenters. The van der Waals surface area contributed by atoms with Gasteiger partial charge in [-0.1, -0.05) is 34.1 Å². The summed E-state index contributed by atoms with van der Waals surface area (Å²) < 4.78 is 0. The molecule has 5 heteroatoms. The van der Waals surface area contributed by atoms with Crippen LogP contribution in [0.4, 0.5) is 0 Å². The molecule has 17 heavy (non-hydrogen) atoms. The third-order valence-corrected chi connectivity index (χ3v) is 3.78. The van der Waals surface area contributed by atoms with Gasteiger partial charge in [0.25, 0.3) is 0 Å².